The highest BCUT2D eigenvalue weighted by Crippen LogP contribution is 2.30. The van der Waals surface area contributed by atoms with Crippen molar-refractivity contribution in [3.8, 4) is 11.5 Å². The summed E-state index contributed by atoms with van der Waals surface area (Å²) in [5, 5.41) is 10.6. The van der Waals surface area contributed by atoms with Gasteiger partial charge < -0.3 is 9.47 Å². The van der Waals surface area contributed by atoms with Gasteiger partial charge in [0.15, 0.2) is 5.75 Å². The molecular weight excluding hydrogens is 301 g/mol. The maximum Gasteiger partial charge on any atom is 0.314 e. The Morgan fingerprint density at radius 1 is 1.57 bits per heavy atom. The topological polar surface area (TPSA) is 61.6 Å². The third kappa shape index (κ3) is 2.47. The number of halogens is 1. The average molecular weight is 309 g/mol. The Morgan fingerprint density at radius 3 is 2.79 bits per heavy atom. The third-order valence-electron chi connectivity index (χ3n) is 1.57. The van der Waals surface area contributed by atoms with E-state index < -0.39 is 4.92 Å². The van der Waals surface area contributed by atoms with Crippen LogP contribution in [0.1, 0.15) is 0 Å². The Labute approximate surface area is 94.3 Å². The van der Waals surface area contributed by atoms with E-state index in [1.807, 2.05) is 22.6 Å². The fourth-order valence-electron chi connectivity index (χ4n) is 0.965. The molecule has 0 bridgehead atoms. The number of ether oxygens (including phenoxy) is 2. The molecule has 0 spiro atoms. The van der Waals surface area contributed by atoms with Gasteiger partial charge in [-0.3, -0.25) is 10.1 Å². The van der Waals surface area contributed by atoms with E-state index in [2.05, 4.69) is 0 Å². The Bertz CT molecular complexity index is 342. The zero-order valence-electron chi connectivity index (χ0n) is 7.40. The second-order valence-corrected chi connectivity index (χ2v) is 2.97. The van der Waals surface area contributed by atoms with E-state index in [4.69, 9.17) is 9.47 Å². The minimum atomic E-state index is -0.501. The average Bonchev–Trinajstić information content (AvgIpc) is 2.18. The second kappa shape index (κ2) is 4.99. The first-order valence-corrected chi connectivity index (χ1v) is 5.22. The van der Waals surface area contributed by atoms with E-state index in [1.165, 1.54) is 19.2 Å². The first kappa shape index (κ1) is 11.0. The standard InChI is InChI=1S/C8H8INO4/c1-13-8-3-2-6(14-5-9)4-7(8)10(11)12/h2-4H,5H2,1H3. The predicted molar refractivity (Wildman–Crippen MR) is 59.2 cm³/mol. The maximum absolute atomic E-state index is 10.6. The van der Waals surface area contributed by atoms with Crippen LogP contribution in [0.5, 0.6) is 11.5 Å². The molecule has 0 aliphatic rings. The lowest BCUT2D eigenvalue weighted by molar-refractivity contribution is -0.385. The Hall–Kier alpha value is -1.05. The number of hydrogen-bond donors (Lipinski definition) is 0. The van der Waals surface area contributed by atoms with Crippen molar-refractivity contribution in [3.05, 3.63) is 28.3 Å². The largest absolute Gasteiger partial charge is 0.490 e. The molecule has 0 aliphatic heterocycles. The summed E-state index contributed by atoms with van der Waals surface area (Å²) < 4.78 is 10.4. The summed E-state index contributed by atoms with van der Waals surface area (Å²) in [5.74, 6) is 0.697. The maximum atomic E-state index is 10.6. The van der Waals surface area contributed by atoms with Crippen LogP contribution in [0.15, 0.2) is 18.2 Å². The van der Waals surface area contributed by atoms with Gasteiger partial charge in [-0.25, -0.2) is 0 Å². The van der Waals surface area contributed by atoms with Crippen molar-refractivity contribution >= 4 is 28.3 Å². The van der Waals surface area contributed by atoms with Gasteiger partial charge >= 0.3 is 5.69 Å². The van der Waals surface area contributed by atoms with Crippen LogP contribution in [-0.4, -0.2) is 16.6 Å². The summed E-state index contributed by atoms with van der Waals surface area (Å²) in [6.45, 7) is 0. The number of hydrogen-bond acceptors (Lipinski definition) is 4. The zero-order valence-corrected chi connectivity index (χ0v) is 9.55. The molecule has 1 rings (SSSR count). The molecule has 0 saturated heterocycles. The lowest BCUT2D eigenvalue weighted by atomic mass is 10.3. The number of methoxy groups -OCH3 is 1. The van der Waals surface area contributed by atoms with Crippen molar-refractivity contribution in [2.45, 2.75) is 0 Å². The van der Waals surface area contributed by atoms with Crippen molar-refractivity contribution in [1.29, 1.82) is 0 Å². The Morgan fingerprint density at radius 2 is 2.29 bits per heavy atom. The highest BCUT2D eigenvalue weighted by molar-refractivity contribution is 14.1. The van der Waals surface area contributed by atoms with Crippen LogP contribution in [0, 0.1) is 10.1 Å². The van der Waals surface area contributed by atoms with Gasteiger partial charge in [-0.15, -0.1) is 0 Å². The number of benzene rings is 1. The Balaban J connectivity index is 3.07. The molecule has 0 radical (unpaired) electrons. The molecule has 1 aromatic carbocycles. The van der Waals surface area contributed by atoms with Crippen molar-refractivity contribution in [2.75, 3.05) is 11.7 Å². The van der Waals surface area contributed by atoms with Gasteiger partial charge in [0.25, 0.3) is 0 Å². The molecule has 0 saturated carbocycles. The van der Waals surface area contributed by atoms with E-state index in [-0.39, 0.29) is 11.4 Å². The molecule has 0 heterocycles. The molecule has 0 aromatic heterocycles. The predicted octanol–water partition coefficient (Wildman–Crippen LogP) is 2.37. The van der Waals surface area contributed by atoms with Gasteiger partial charge in [0, 0.05) is 0 Å². The highest BCUT2D eigenvalue weighted by Gasteiger charge is 2.15. The fourth-order valence-corrected chi connectivity index (χ4v) is 1.32. The third-order valence-corrected chi connectivity index (χ3v) is 1.88. The van der Waals surface area contributed by atoms with Gasteiger partial charge in [0.2, 0.25) is 0 Å². The van der Waals surface area contributed by atoms with Gasteiger partial charge in [-0.1, -0.05) is 0 Å². The zero-order chi connectivity index (χ0) is 10.6. The molecule has 14 heavy (non-hydrogen) atoms. The minimum absolute atomic E-state index is 0.0881. The van der Waals surface area contributed by atoms with E-state index in [0.717, 1.165) is 0 Å². The summed E-state index contributed by atoms with van der Waals surface area (Å²) in [6.07, 6.45) is 0. The van der Waals surface area contributed by atoms with Crippen LogP contribution in [0.4, 0.5) is 5.69 Å². The summed E-state index contributed by atoms with van der Waals surface area (Å²) >= 11 is 2.01. The molecule has 5 nitrogen and oxygen atoms in total. The molecule has 1 aromatic rings. The first-order valence-electron chi connectivity index (χ1n) is 3.70. The summed E-state index contributed by atoms with van der Waals surface area (Å²) in [6, 6.07) is 4.49. The fraction of sp³-hybridized carbons (Fsp3) is 0.250. The molecule has 0 aliphatic carbocycles. The monoisotopic (exact) mass is 309 g/mol. The number of nitrogens with zero attached hydrogens (tertiary/aromatic N) is 1. The van der Waals surface area contributed by atoms with Crippen molar-refractivity contribution in [3.63, 3.8) is 0 Å². The number of alkyl halides is 1. The Kier molecular flexibility index (Phi) is 3.93. The van der Waals surface area contributed by atoms with Crippen LogP contribution in [0.3, 0.4) is 0 Å². The number of rotatable bonds is 4. The van der Waals surface area contributed by atoms with Gasteiger partial charge in [-0.05, 0) is 34.7 Å². The normalized spacial score (nSPS) is 9.57. The minimum Gasteiger partial charge on any atom is -0.490 e. The number of nitro groups is 1. The van der Waals surface area contributed by atoms with Gasteiger partial charge in [0.1, 0.15) is 10.4 Å². The molecule has 6 heteroatoms. The number of nitro benzene ring substituents is 1. The summed E-state index contributed by atoms with van der Waals surface area (Å²) in [4.78, 5) is 10.1. The molecule has 0 amide bonds. The summed E-state index contributed by atoms with van der Waals surface area (Å²) in [5.41, 5.74) is -0.0881. The van der Waals surface area contributed by atoms with E-state index in [0.29, 0.717) is 10.4 Å². The molecule has 0 atom stereocenters. The van der Waals surface area contributed by atoms with Crippen molar-refractivity contribution in [2.24, 2.45) is 0 Å². The van der Waals surface area contributed by atoms with E-state index in [1.54, 1.807) is 6.07 Å². The van der Waals surface area contributed by atoms with Crippen LogP contribution in [0.2, 0.25) is 0 Å². The van der Waals surface area contributed by atoms with Crippen LogP contribution in [0.25, 0.3) is 0 Å². The van der Waals surface area contributed by atoms with Crippen molar-refractivity contribution in [1.82, 2.24) is 0 Å². The lowest BCUT2D eigenvalue weighted by Crippen LogP contribution is -1.95. The van der Waals surface area contributed by atoms with Gasteiger partial charge in [-0.2, -0.15) is 0 Å². The molecule has 0 fully saturated rings. The lowest BCUT2D eigenvalue weighted by Gasteiger charge is -2.04. The second-order valence-electron chi connectivity index (χ2n) is 2.34. The smallest absolute Gasteiger partial charge is 0.314 e. The SMILES string of the molecule is COc1ccc(OCI)cc1[N+](=O)[O-]. The quantitative estimate of drug-likeness (QED) is 0.371. The molecular formula is C8H8INO4. The van der Waals surface area contributed by atoms with Crippen LogP contribution >= 0.6 is 22.6 Å². The first-order chi connectivity index (χ1) is 6.69. The molecule has 76 valence electrons. The van der Waals surface area contributed by atoms with E-state index in [9.17, 15) is 10.1 Å². The van der Waals surface area contributed by atoms with Crippen molar-refractivity contribution < 1.29 is 14.4 Å². The van der Waals surface area contributed by atoms with Crippen LogP contribution < -0.4 is 9.47 Å². The molecule has 0 unspecified atom stereocenters. The molecule has 0 N–H and O–H groups in total. The highest BCUT2D eigenvalue weighted by atomic mass is 127. The van der Waals surface area contributed by atoms with Crippen LogP contribution in [-0.2, 0) is 0 Å². The van der Waals surface area contributed by atoms with Gasteiger partial charge in [0.05, 0.1) is 18.1 Å². The summed E-state index contributed by atoms with van der Waals surface area (Å²) in [7, 11) is 1.39. The van der Waals surface area contributed by atoms with E-state index >= 15 is 0 Å².